The molecule has 1 saturated carbocycles. The molecule has 1 heterocycles. The first-order chi connectivity index (χ1) is 8.49. The first-order valence-electron chi connectivity index (χ1n) is 5.84. The monoisotopic (exact) mass is 249 g/mol. The molecule has 0 amide bonds. The van der Waals surface area contributed by atoms with Crippen molar-refractivity contribution in [2.24, 2.45) is 18.0 Å². The molecule has 1 unspecified atom stereocenters. The van der Waals surface area contributed by atoms with E-state index < -0.39 is 17.7 Å². The van der Waals surface area contributed by atoms with Crippen LogP contribution in [0.3, 0.4) is 0 Å². The second-order valence-corrected chi connectivity index (χ2v) is 4.48. The first-order valence-corrected chi connectivity index (χ1v) is 5.84. The molecule has 0 radical (unpaired) electrons. The Hall–Kier alpha value is -1.98. The molecule has 0 aliphatic heterocycles. The third-order valence-electron chi connectivity index (χ3n) is 3.09. The fourth-order valence-electron chi connectivity index (χ4n) is 2.24. The van der Waals surface area contributed by atoms with E-state index in [2.05, 4.69) is 10.1 Å². The van der Waals surface area contributed by atoms with Gasteiger partial charge in [-0.3, -0.25) is 9.48 Å². The number of Topliss-reactive ketones (excluding diaryl/α,β-unsaturated/α-hetero) is 1. The summed E-state index contributed by atoms with van der Waals surface area (Å²) in [5.41, 5.74) is 1.50. The fourth-order valence-corrected chi connectivity index (χ4v) is 2.24. The zero-order chi connectivity index (χ0) is 13.3. The average molecular weight is 249 g/mol. The lowest BCUT2D eigenvalue weighted by molar-refractivity contribution is -0.150. The molecule has 0 aromatic carbocycles. The van der Waals surface area contributed by atoms with Crippen molar-refractivity contribution in [1.82, 2.24) is 9.78 Å². The molecule has 0 saturated heterocycles. The fraction of sp³-hybridized carbons (Fsp3) is 0.500. The number of ketones is 1. The van der Waals surface area contributed by atoms with E-state index in [-0.39, 0.29) is 0 Å². The standard InChI is InChI=1S/C12H15N3O3/c1-7-6-10(15(2)14-7)13-9-5-3-4-8(9)11(16)12(17)18/h6,8H,3-5H2,1-2H3,(H,17,18)/b13-9+. The summed E-state index contributed by atoms with van der Waals surface area (Å²) in [6.07, 6.45) is 2.05. The van der Waals surface area contributed by atoms with Crippen LogP contribution in [0.2, 0.25) is 0 Å². The summed E-state index contributed by atoms with van der Waals surface area (Å²) in [6, 6.07) is 1.81. The molecule has 6 heteroatoms. The van der Waals surface area contributed by atoms with Crippen LogP contribution >= 0.6 is 0 Å². The minimum atomic E-state index is -1.38. The van der Waals surface area contributed by atoms with Crippen LogP contribution < -0.4 is 0 Å². The molecule has 1 aliphatic rings. The molecule has 2 rings (SSSR count). The molecule has 96 valence electrons. The Morgan fingerprint density at radius 1 is 1.56 bits per heavy atom. The average Bonchev–Trinajstić information content (AvgIpc) is 2.86. The topological polar surface area (TPSA) is 84.5 Å². The van der Waals surface area contributed by atoms with Gasteiger partial charge in [-0.1, -0.05) is 0 Å². The summed E-state index contributed by atoms with van der Waals surface area (Å²) in [6.45, 7) is 1.86. The third kappa shape index (κ3) is 2.32. The van der Waals surface area contributed by atoms with Crippen LogP contribution in [-0.4, -0.2) is 32.4 Å². The van der Waals surface area contributed by atoms with Gasteiger partial charge in [0, 0.05) is 18.8 Å². The van der Waals surface area contributed by atoms with Crippen molar-refractivity contribution in [3.8, 4) is 0 Å². The number of nitrogens with zero attached hydrogens (tertiary/aromatic N) is 3. The molecule has 1 N–H and O–H groups in total. The molecule has 0 spiro atoms. The van der Waals surface area contributed by atoms with Gasteiger partial charge in [0.1, 0.15) is 5.82 Å². The van der Waals surface area contributed by atoms with Crippen molar-refractivity contribution in [2.45, 2.75) is 26.2 Å². The number of aliphatic imine (C=N–C) groups is 1. The van der Waals surface area contributed by atoms with Crippen LogP contribution in [0.15, 0.2) is 11.1 Å². The number of rotatable bonds is 3. The zero-order valence-electron chi connectivity index (χ0n) is 10.4. The first kappa shape index (κ1) is 12.5. The van der Waals surface area contributed by atoms with E-state index in [4.69, 9.17) is 5.11 Å². The van der Waals surface area contributed by atoms with Gasteiger partial charge in [0.05, 0.1) is 11.6 Å². The minimum absolute atomic E-state index is 0.570. The van der Waals surface area contributed by atoms with Gasteiger partial charge in [0.2, 0.25) is 5.78 Å². The van der Waals surface area contributed by atoms with Gasteiger partial charge in [0.15, 0.2) is 0 Å². The highest BCUT2D eigenvalue weighted by Gasteiger charge is 2.33. The number of aromatic nitrogens is 2. The number of aliphatic carboxylic acids is 1. The largest absolute Gasteiger partial charge is 0.475 e. The van der Waals surface area contributed by atoms with Crippen molar-refractivity contribution >= 4 is 23.3 Å². The quantitative estimate of drug-likeness (QED) is 0.817. The van der Waals surface area contributed by atoms with Gasteiger partial charge in [-0.15, -0.1) is 0 Å². The van der Waals surface area contributed by atoms with Crippen molar-refractivity contribution in [3.05, 3.63) is 11.8 Å². The molecule has 1 aromatic heterocycles. The van der Waals surface area contributed by atoms with Gasteiger partial charge >= 0.3 is 5.97 Å². The Kier molecular flexibility index (Phi) is 3.27. The zero-order valence-corrected chi connectivity index (χ0v) is 10.4. The normalized spacial score (nSPS) is 21.4. The second-order valence-electron chi connectivity index (χ2n) is 4.48. The van der Waals surface area contributed by atoms with Gasteiger partial charge in [0.25, 0.3) is 0 Å². The van der Waals surface area contributed by atoms with Crippen LogP contribution in [0.5, 0.6) is 0 Å². The van der Waals surface area contributed by atoms with Crippen LogP contribution in [-0.2, 0) is 16.6 Å². The molecular weight excluding hydrogens is 234 g/mol. The van der Waals surface area contributed by atoms with Gasteiger partial charge in [-0.05, 0) is 26.2 Å². The van der Waals surface area contributed by atoms with Crippen molar-refractivity contribution in [2.75, 3.05) is 0 Å². The molecule has 18 heavy (non-hydrogen) atoms. The molecule has 1 atom stereocenters. The molecular formula is C12H15N3O3. The summed E-state index contributed by atoms with van der Waals surface area (Å²) in [5, 5.41) is 12.9. The van der Waals surface area contributed by atoms with E-state index in [1.54, 1.807) is 11.7 Å². The maximum absolute atomic E-state index is 11.5. The van der Waals surface area contributed by atoms with Gasteiger partial charge in [-0.25, -0.2) is 9.79 Å². The smallest absolute Gasteiger partial charge is 0.372 e. The van der Waals surface area contributed by atoms with Crippen LogP contribution in [0.4, 0.5) is 5.82 Å². The van der Waals surface area contributed by atoms with E-state index in [1.807, 2.05) is 13.0 Å². The lowest BCUT2D eigenvalue weighted by Gasteiger charge is -2.06. The van der Waals surface area contributed by atoms with Crippen molar-refractivity contribution < 1.29 is 14.7 Å². The van der Waals surface area contributed by atoms with Crippen LogP contribution in [0, 0.1) is 12.8 Å². The maximum Gasteiger partial charge on any atom is 0.372 e. The van der Waals surface area contributed by atoms with Gasteiger partial charge in [-0.2, -0.15) is 5.10 Å². The Morgan fingerprint density at radius 3 is 2.83 bits per heavy atom. The van der Waals surface area contributed by atoms with Gasteiger partial charge < -0.3 is 5.11 Å². The Bertz CT molecular complexity index is 531. The molecule has 1 fully saturated rings. The molecule has 1 aliphatic carbocycles. The van der Waals surface area contributed by atoms with E-state index in [9.17, 15) is 9.59 Å². The highest BCUT2D eigenvalue weighted by Crippen LogP contribution is 2.26. The Labute approximate surface area is 104 Å². The lowest BCUT2D eigenvalue weighted by atomic mass is 10.0. The van der Waals surface area contributed by atoms with E-state index in [0.717, 1.165) is 12.1 Å². The number of carboxylic acid groups (broad SMARTS) is 1. The summed E-state index contributed by atoms with van der Waals surface area (Å²) in [4.78, 5) is 26.7. The summed E-state index contributed by atoms with van der Waals surface area (Å²) in [7, 11) is 1.77. The molecule has 1 aromatic rings. The van der Waals surface area contributed by atoms with E-state index >= 15 is 0 Å². The maximum atomic E-state index is 11.5. The predicted molar refractivity (Wildman–Crippen MR) is 65.0 cm³/mol. The van der Waals surface area contributed by atoms with E-state index in [0.29, 0.717) is 24.4 Å². The summed E-state index contributed by atoms with van der Waals surface area (Å²) >= 11 is 0. The van der Waals surface area contributed by atoms with Crippen LogP contribution in [0.1, 0.15) is 25.0 Å². The second kappa shape index (κ2) is 4.72. The highest BCUT2D eigenvalue weighted by molar-refractivity contribution is 6.38. The summed E-state index contributed by atoms with van der Waals surface area (Å²) < 4.78 is 1.63. The number of hydrogen-bond acceptors (Lipinski definition) is 4. The number of carbonyl (C=O) groups excluding carboxylic acids is 1. The van der Waals surface area contributed by atoms with Crippen LogP contribution in [0.25, 0.3) is 0 Å². The summed E-state index contributed by atoms with van der Waals surface area (Å²) in [5.74, 6) is -2.05. The molecule has 6 nitrogen and oxygen atoms in total. The van der Waals surface area contributed by atoms with E-state index in [1.165, 1.54) is 0 Å². The number of aryl methyl sites for hydroxylation is 2. The SMILES string of the molecule is Cc1cc(/N=C2\CCCC2C(=O)C(=O)O)n(C)n1. The minimum Gasteiger partial charge on any atom is -0.475 e. The number of carboxylic acids is 1. The lowest BCUT2D eigenvalue weighted by Crippen LogP contribution is -2.26. The Balaban J connectivity index is 2.29. The van der Waals surface area contributed by atoms with Crippen molar-refractivity contribution in [1.29, 1.82) is 0 Å². The molecule has 0 bridgehead atoms. The number of carbonyl (C=O) groups is 2. The third-order valence-corrected chi connectivity index (χ3v) is 3.09. The number of hydrogen-bond donors (Lipinski definition) is 1. The predicted octanol–water partition coefficient (Wildman–Crippen LogP) is 1.25. The van der Waals surface area contributed by atoms with Crippen molar-refractivity contribution in [3.63, 3.8) is 0 Å². The highest BCUT2D eigenvalue weighted by atomic mass is 16.4. The Morgan fingerprint density at radius 2 is 2.28 bits per heavy atom.